The van der Waals surface area contributed by atoms with Crippen molar-refractivity contribution >= 4 is 0 Å². The third kappa shape index (κ3) is 5.30. The molecule has 1 N–H and O–H groups in total. The lowest BCUT2D eigenvalue weighted by Gasteiger charge is -2.13. The van der Waals surface area contributed by atoms with Crippen LogP contribution < -0.4 is 5.32 Å². The van der Waals surface area contributed by atoms with Crippen LogP contribution >= 0.6 is 0 Å². The molecule has 0 aromatic heterocycles. The van der Waals surface area contributed by atoms with Gasteiger partial charge in [0.25, 0.3) is 0 Å². The summed E-state index contributed by atoms with van der Waals surface area (Å²) in [5.41, 5.74) is 0. The predicted octanol–water partition coefficient (Wildman–Crippen LogP) is 1.74. The van der Waals surface area contributed by atoms with E-state index in [9.17, 15) is 0 Å². The fraction of sp³-hybridized carbons (Fsp3) is 0.833. The summed E-state index contributed by atoms with van der Waals surface area (Å²) in [6.45, 7) is 6.20. The maximum Gasteiger partial charge on any atom is 0.0813 e. The largest absolute Gasteiger partial charge is 0.379 e. The van der Waals surface area contributed by atoms with Crippen LogP contribution in [0.1, 0.15) is 25.7 Å². The van der Waals surface area contributed by atoms with Crippen molar-refractivity contribution < 1.29 is 9.47 Å². The zero-order valence-electron chi connectivity index (χ0n) is 9.71. The lowest BCUT2D eigenvalue weighted by atomic mass is 10.2. The van der Waals surface area contributed by atoms with Gasteiger partial charge in [-0.3, -0.25) is 0 Å². The highest BCUT2D eigenvalue weighted by atomic mass is 16.5. The van der Waals surface area contributed by atoms with Gasteiger partial charge in [-0.1, -0.05) is 6.08 Å². The summed E-state index contributed by atoms with van der Waals surface area (Å²) in [4.78, 5) is 0. The van der Waals surface area contributed by atoms with Crippen LogP contribution in [0.25, 0.3) is 0 Å². The van der Waals surface area contributed by atoms with E-state index in [1.807, 2.05) is 13.1 Å². The van der Waals surface area contributed by atoms with Crippen LogP contribution in [0.3, 0.4) is 0 Å². The minimum atomic E-state index is 0.312. The molecule has 2 atom stereocenters. The molecule has 0 radical (unpaired) electrons. The molecule has 0 aromatic carbocycles. The van der Waals surface area contributed by atoms with Crippen molar-refractivity contribution in [1.82, 2.24) is 5.32 Å². The SMILES string of the molecule is C=CCCCOCC1CCC(CNC)O1. The van der Waals surface area contributed by atoms with E-state index in [2.05, 4.69) is 11.9 Å². The highest BCUT2D eigenvalue weighted by molar-refractivity contribution is 4.74. The topological polar surface area (TPSA) is 30.5 Å². The number of unbranched alkanes of at least 4 members (excludes halogenated alkanes) is 1. The fourth-order valence-electron chi connectivity index (χ4n) is 1.83. The van der Waals surface area contributed by atoms with E-state index in [1.54, 1.807) is 0 Å². The van der Waals surface area contributed by atoms with Crippen LogP contribution in [-0.4, -0.2) is 39.0 Å². The molecular formula is C12H23NO2. The number of allylic oxidation sites excluding steroid dienone is 1. The van der Waals surface area contributed by atoms with Crippen LogP contribution in [0.2, 0.25) is 0 Å². The molecule has 1 saturated heterocycles. The molecule has 0 amide bonds. The first kappa shape index (κ1) is 12.7. The summed E-state index contributed by atoms with van der Waals surface area (Å²) in [6.07, 6.45) is 7.02. The van der Waals surface area contributed by atoms with E-state index in [0.29, 0.717) is 12.2 Å². The van der Waals surface area contributed by atoms with Crippen molar-refractivity contribution in [3.05, 3.63) is 12.7 Å². The van der Waals surface area contributed by atoms with Crippen molar-refractivity contribution in [2.24, 2.45) is 0 Å². The van der Waals surface area contributed by atoms with Crippen molar-refractivity contribution in [2.45, 2.75) is 37.9 Å². The van der Waals surface area contributed by atoms with Gasteiger partial charge in [0, 0.05) is 13.2 Å². The summed E-state index contributed by atoms with van der Waals surface area (Å²) in [6, 6.07) is 0. The average molecular weight is 213 g/mol. The molecule has 0 saturated carbocycles. The molecule has 1 aliphatic heterocycles. The molecule has 15 heavy (non-hydrogen) atoms. The van der Waals surface area contributed by atoms with E-state index in [4.69, 9.17) is 9.47 Å². The molecule has 1 aliphatic rings. The Hall–Kier alpha value is -0.380. The van der Waals surface area contributed by atoms with Crippen molar-refractivity contribution in [3.63, 3.8) is 0 Å². The monoisotopic (exact) mass is 213 g/mol. The van der Waals surface area contributed by atoms with Crippen molar-refractivity contribution in [1.29, 1.82) is 0 Å². The van der Waals surface area contributed by atoms with Gasteiger partial charge in [0.15, 0.2) is 0 Å². The quantitative estimate of drug-likeness (QED) is 0.492. The molecule has 0 aromatic rings. The van der Waals surface area contributed by atoms with Crippen molar-refractivity contribution in [2.75, 3.05) is 26.8 Å². The number of rotatable bonds is 8. The third-order valence-corrected chi connectivity index (χ3v) is 2.63. The fourth-order valence-corrected chi connectivity index (χ4v) is 1.83. The van der Waals surface area contributed by atoms with Crippen LogP contribution in [0.15, 0.2) is 12.7 Å². The predicted molar refractivity (Wildman–Crippen MR) is 62.1 cm³/mol. The minimum Gasteiger partial charge on any atom is -0.379 e. The van der Waals surface area contributed by atoms with Crippen molar-refractivity contribution in [3.8, 4) is 0 Å². The van der Waals surface area contributed by atoms with Gasteiger partial charge in [0.1, 0.15) is 0 Å². The summed E-state index contributed by atoms with van der Waals surface area (Å²) in [7, 11) is 1.96. The smallest absolute Gasteiger partial charge is 0.0813 e. The Balaban J connectivity index is 1.96. The maximum absolute atomic E-state index is 5.80. The van der Waals surface area contributed by atoms with Gasteiger partial charge < -0.3 is 14.8 Å². The lowest BCUT2D eigenvalue weighted by Crippen LogP contribution is -2.25. The van der Waals surface area contributed by atoms with Gasteiger partial charge >= 0.3 is 0 Å². The summed E-state index contributed by atoms with van der Waals surface area (Å²) < 4.78 is 11.4. The molecule has 1 heterocycles. The Morgan fingerprint density at radius 2 is 2.27 bits per heavy atom. The molecule has 0 spiro atoms. The van der Waals surface area contributed by atoms with Crippen LogP contribution in [0.5, 0.6) is 0 Å². The highest BCUT2D eigenvalue weighted by Crippen LogP contribution is 2.19. The van der Waals surface area contributed by atoms with Gasteiger partial charge in [-0.05, 0) is 32.7 Å². The molecule has 1 fully saturated rings. The Morgan fingerprint density at radius 3 is 3.00 bits per heavy atom. The van der Waals surface area contributed by atoms with E-state index in [1.165, 1.54) is 0 Å². The lowest BCUT2D eigenvalue weighted by molar-refractivity contribution is -0.0140. The zero-order chi connectivity index (χ0) is 10.9. The maximum atomic E-state index is 5.80. The second-order valence-corrected chi connectivity index (χ2v) is 4.02. The first-order valence-electron chi connectivity index (χ1n) is 5.85. The molecule has 3 heteroatoms. The molecule has 88 valence electrons. The second-order valence-electron chi connectivity index (χ2n) is 4.02. The van der Waals surface area contributed by atoms with Crippen LogP contribution in [-0.2, 0) is 9.47 Å². The number of nitrogens with one attached hydrogen (secondary N) is 1. The van der Waals surface area contributed by atoms with E-state index in [-0.39, 0.29) is 0 Å². The molecule has 0 bridgehead atoms. The molecule has 0 aliphatic carbocycles. The summed E-state index contributed by atoms with van der Waals surface area (Å²) in [5.74, 6) is 0. The summed E-state index contributed by atoms with van der Waals surface area (Å²) >= 11 is 0. The molecule has 2 unspecified atom stereocenters. The molecular weight excluding hydrogens is 190 g/mol. The average Bonchev–Trinajstić information content (AvgIpc) is 2.66. The van der Waals surface area contributed by atoms with Gasteiger partial charge in [-0.2, -0.15) is 0 Å². The van der Waals surface area contributed by atoms with E-state index < -0.39 is 0 Å². The standard InChI is InChI=1S/C12H23NO2/c1-3-4-5-8-14-10-12-7-6-11(15-12)9-13-2/h3,11-13H,1,4-10H2,2H3. The summed E-state index contributed by atoms with van der Waals surface area (Å²) in [5, 5.41) is 3.14. The van der Waals surface area contributed by atoms with E-state index >= 15 is 0 Å². The zero-order valence-corrected chi connectivity index (χ0v) is 9.71. The van der Waals surface area contributed by atoms with Gasteiger partial charge in [0.2, 0.25) is 0 Å². The number of hydrogen-bond donors (Lipinski definition) is 1. The van der Waals surface area contributed by atoms with Gasteiger partial charge in [-0.25, -0.2) is 0 Å². The van der Waals surface area contributed by atoms with Gasteiger partial charge in [0.05, 0.1) is 18.8 Å². The molecule has 1 rings (SSSR count). The first-order valence-corrected chi connectivity index (χ1v) is 5.85. The Kier molecular flexibility index (Phi) is 6.64. The first-order chi connectivity index (χ1) is 7.36. The Bertz CT molecular complexity index is 173. The van der Waals surface area contributed by atoms with Crippen LogP contribution in [0.4, 0.5) is 0 Å². The second kappa shape index (κ2) is 7.85. The minimum absolute atomic E-state index is 0.312. The third-order valence-electron chi connectivity index (χ3n) is 2.63. The van der Waals surface area contributed by atoms with E-state index in [0.717, 1.165) is 45.4 Å². The number of hydrogen-bond acceptors (Lipinski definition) is 3. The normalized spacial score (nSPS) is 25.7. The number of likely N-dealkylation sites (N-methyl/N-ethyl adjacent to an activating group) is 1. The van der Waals surface area contributed by atoms with Gasteiger partial charge in [-0.15, -0.1) is 6.58 Å². The van der Waals surface area contributed by atoms with Crippen LogP contribution in [0, 0.1) is 0 Å². The molecule has 3 nitrogen and oxygen atoms in total. The highest BCUT2D eigenvalue weighted by Gasteiger charge is 2.24. The number of ether oxygens (including phenoxy) is 2. The Morgan fingerprint density at radius 1 is 1.47 bits per heavy atom. The Labute approximate surface area is 92.8 Å².